The molecule has 18 heteroatoms. The second-order valence-corrected chi connectivity index (χ2v) is 15.7. The molecule has 2 fully saturated rings. The number of carbonyl (C=O) groups excluding carboxylic acids is 8. The van der Waals surface area contributed by atoms with Crippen LogP contribution in [0.1, 0.15) is 117 Å². The minimum atomic E-state index is -1.43. The summed E-state index contributed by atoms with van der Waals surface area (Å²) in [4.78, 5) is 119. The van der Waals surface area contributed by atoms with Gasteiger partial charge in [0.25, 0.3) is 0 Å². The van der Waals surface area contributed by atoms with E-state index in [1.807, 2.05) is 0 Å². The molecule has 2 amide bonds. The van der Waals surface area contributed by atoms with E-state index in [-0.39, 0.29) is 46.0 Å². The van der Waals surface area contributed by atoms with E-state index in [4.69, 9.17) is 38.2 Å². The van der Waals surface area contributed by atoms with Crippen LogP contribution in [0.15, 0.2) is 84.9 Å². The fraction of sp³-hybridized carbons (Fsp3) is 0.333. The zero-order valence-electron chi connectivity index (χ0n) is 36.7. The molecule has 4 aromatic rings. The van der Waals surface area contributed by atoms with Gasteiger partial charge in [-0.25, -0.2) is 38.5 Å². The van der Waals surface area contributed by atoms with Crippen molar-refractivity contribution in [2.24, 2.45) is 0 Å². The summed E-state index contributed by atoms with van der Waals surface area (Å²) in [5.74, 6) is -6.07. The fourth-order valence-electron chi connectivity index (χ4n) is 7.14. The smallest absolute Gasteiger partial charge is 0.431 e. The predicted octanol–water partition coefficient (Wildman–Crippen LogP) is 8.89. The molecular weight excluding hydrogens is 861 g/mol. The molecule has 0 atom stereocenters. The Morgan fingerprint density at radius 2 is 0.742 bits per heavy atom. The van der Waals surface area contributed by atoms with Crippen molar-refractivity contribution in [2.45, 2.75) is 76.4 Å². The van der Waals surface area contributed by atoms with Crippen molar-refractivity contribution in [1.29, 1.82) is 0 Å². The van der Waals surface area contributed by atoms with Gasteiger partial charge in [0.2, 0.25) is 11.6 Å². The number of rotatable bonds is 12. The molecule has 4 aromatic carbocycles. The van der Waals surface area contributed by atoms with Crippen LogP contribution in [0, 0.1) is 0 Å². The largest absolute Gasteiger partial charge is 0.514 e. The van der Waals surface area contributed by atoms with Crippen molar-refractivity contribution in [3.05, 3.63) is 118 Å². The summed E-state index contributed by atoms with van der Waals surface area (Å²) >= 11 is 0. The molecule has 2 saturated carbocycles. The fourth-order valence-corrected chi connectivity index (χ4v) is 7.14. The molecule has 346 valence electrons. The number of nitrogens with zero attached hydrogens (tertiary/aromatic N) is 2. The normalized spacial score (nSPS) is 13.8. The van der Waals surface area contributed by atoms with Crippen molar-refractivity contribution in [2.75, 3.05) is 28.2 Å². The summed E-state index contributed by atoms with van der Waals surface area (Å²) in [6.07, 6.45) is 3.65. The molecule has 2 aliphatic carbocycles. The van der Waals surface area contributed by atoms with E-state index in [1.54, 1.807) is 0 Å². The van der Waals surface area contributed by atoms with Crippen LogP contribution in [0.2, 0.25) is 0 Å². The summed E-state index contributed by atoms with van der Waals surface area (Å²) in [7, 11) is 5.41. The molecule has 0 bridgehead atoms. The lowest BCUT2D eigenvalue weighted by atomic mass is 9.98. The maximum Gasteiger partial charge on any atom is 0.514 e. The lowest BCUT2D eigenvalue weighted by molar-refractivity contribution is -0.187. The van der Waals surface area contributed by atoms with Crippen LogP contribution in [0.4, 0.5) is 19.2 Å². The van der Waals surface area contributed by atoms with Gasteiger partial charge in [-0.3, -0.25) is 9.59 Å². The molecule has 0 aliphatic heterocycles. The maximum atomic E-state index is 14.2. The number of para-hydroxylation sites is 4. The van der Waals surface area contributed by atoms with Gasteiger partial charge in [0, 0.05) is 28.2 Å². The lowest BCUT2D eigenvalue weighted by Gasteiger charge is -2.21. The number of hydrogen-bond acceptors (Lipinski definition) is 16. The average Bonchev–Trinajstić information content (AvgIpc) is 3.31. The van der Waals surface area contributed by atoms with Crippen LogP contribution in [0.5, 0.6) is 23.0 Å². The van der Waals surface area contributed by atoms with Crippen LogP contribution < -0.4 is 18.9 Å². The second kappa shape index (κ2) is 22.2. The molecule has 0 unspecified atom stereocenters. The number of hydrogen-bond donors (Lipinski definition) is 0. The first kappa shape index (κ1) is 47.7. The monoisotopic (exact) mass is 908 g/mol. The Hall–Kier alpha value is -7.76. The molecule has 0 saturated heterocycles. The van der Waals surface area contributed by atoms with E-state index < -0.39 is 70.6 Å². The Kier molecular flexibility index (Phi) is 16.1. The van der Waals surface area contributed by atoms with Crippen LogP contribution in [0.25, 0.3) is 0 Å². The van der Waals surface area contributed by atoms with Gasteiger partial charge in [0.1, 0.15) is 34.8 Å². The molecule has 0 radical (unpaired) electrons. The van der Waals surface area contributed by atoms with Crippen LogP contribution in [-0.2, 0) is 19.2 Å². The summed E-state index contributed by atoms with van der Waals surface area (Å²) in [6.45, 7) is 0. The van der Waals surface area contributed by atoms with Gasteiger partial charge in [-0.15, -0.1) is 0 Å². The van der Waals surface area contributed by atoms with Crippen molar-refractivity contribution in [3.8, 4) is 23.0 Å². The van der Waals surface area contributed by atoms with E-state index >= 15 is 0 Å². The quantitative estimate of drug-likeness (QED) is 0.0426. The molecule has 0 aromatic heterocycles. The van der Waals surface area contributed by atoms with Gasteiger partial charge >= 0.3 is 36.4 Å². The molecule has 2 aliphatic rings. The van der Waals surface area contributed by atoms with Gasteiger partial charge in [-0.1, -0.05) is 49.2 Å². The van der Waals surface area contributed by atoms with Crippen molar-refractivity contribution >= 4 is 48.0 Å². The Morgan fingerprint density at radius 1 is 0.409 bits per heavy atom. The molecule has 0 N–H and O–H groups in total. The minimum Gasteiger partial charge on any atom is -0.431 e. The number of amides is 2. The summed E-state index contributed by atoms with van der Waals surface area (Å²) < 4.78 is 32.9. The minimum absolute atomic E-state index is 0.153. The molecule has 66 heavy (non-hydrogen) atoms. The van der Waals surface area contributed by atoms with Gasteiger partial charge in [-0.2, -0.15) is 0 Å². The Labute approximate surface area is 379 Å². The highest BCUT2D eigenvalue weighted by Gasteiger charge is 2.32. The topological polar surface area (TPSA) is 217 Å². The van der Waals surface area contributed by atoms with E-state index in [1.165, 1.54) is 101 Å². The van der Waals surface area contributed by atoms with Crippen molar-refractivity contribution in [1.82, 2.24) is 9.80 Å². The molecule has 18 nitrogen and oxygen atoms in total. The standard InChI is InChI=1S/C48H48N2O16/c1-49(2)45(55)63-41-33(39(51)31-21-11-13-27-37(31)61-47(57)59-29-17-7-5-8-18-29)23-15-25-35(41)43(53)65-66-44(54)36-26-16-24-34(42(36)64-46(56)50(3)4)40(52)32-22-12-14-28-38(32)62-48(58)60-30-19-9-6-10-20-30/h11-16,21-30H,5-10,17-20H2,1-4H3. The first-order valence-corrected chi connectivity index (χ1v) is 21.2. The van der Waals surface area contributed by atoms with E-state index in [2.05, 4.69) is 0 Å². The van der Waals surface area contributed by atoms with Crippen molar-refractivity contribution in [3.63, 3.8) is 0 Å². The Balaban J connectivity index is 1.26. The third-order valence-corrected chi connectivity index (χ3v) is 10.5. The van der Waals surface area contributed by atoms with E-state index in [0.29, 0.717) is 25.7 Å². The average molecular weight is 909 g/mol. The third-order valence-electron chi connectivity index (χ3n) is 10.5. The Bertz CT molecular complexity index is 2310. The molecule has 0 heterocycles. The third kappa shape index (κ3) is 12.1. The zero-order valence-corrected chi connectivity index (χ0v) is 36.7. The lowest BCUT2D eigenvalue weighted by Crippen LogP contribution is -2.28. The number of carbonyl (C=O) groups is 8. The van der Waals surface area contributed by atoms with E-state index in [0.717, 1.165) is 60.5 Å². The molecule has 0 spiro atoms. The van der Waals surface area contributed by atoms with Crippen LogP contribution in [-0.4, -0.2) is 98.2 Å². The summed E-state index contributed by atoms with van der Waals surface area (Å²) in [5, 5.41) is 0. The first-order valence-electron chi connectivity index (χ1n) is 21.2. The zero-order chi connectivity index (χ0) is 47.3. The summed E-state index contributed by atoms with van der Waals surface area (Å²) in [5.41, 5.74) is -2.11. The highest BCUT2D eigenvalue weighted by Crippen LogP contribution is 2.34. The van der Waals surface area contributed by atoms with E-state index in [9.17, 15) is 38.4 Å². The molecule has 6 rings (SSSR count). The number of benzene rings is 4. The second-order valence-electron chi connectivity index (χ2n) is 15.7. The van der Waals surface area contributed by atoms with Gasteiger partial charge in [0.05, 0.1) is 22.3 Å². The SMILES string of the molecule is CN(C)C(=O)Oc1c(C(=O)OOC(=O)c2cccc(C(=O)c3ccccc3OC(=O)OC3CCCCC3)c2OC(=O)N(C)C)cccc1C(=O)c1ccccc1OC(=O)OC1CCCCC1. The Morgan fingerprint density at radius 3 is 1.11 bits per heavy atom. The number of ketones is 2. The maximum absolute atomic E-state index is 14.2. The predicted molar refractivity (Wildman–Crippen MR) is 231 cm³/mol. The van der Waals surface area contributed by atoms with Crippen LogP contribution >= 0.6 is 0 Å². The van der Waals surface area contributed by atoms with Gasteiger partial charge in [0.15, 0.2) is 11.5 Å². The van der Waals surface area contributed by atoms with Gasteiger partial charge < -0.3 is 38.2 Å². The highest BCUT2D eigenvalue weighted by molar-refractivity contribution is 6.15. The first-order chi connectivity index (χ1) is 31.7. The van der Waals surface area contributed by atoms with Crippen LogP contribution in [0.3, 0.4) is 0 Å². The summed E-state index contributed by atoms with van der Waals surface area (Å²) in [6, 6.07) is 18.8. The van der Waals surface area contributed by atoms with Gasteiger partial charge in [-0.05, 0) is 99.9 Å². The molecular formula is C48H48N2O16. The highest BCUT2D eigenvalue weighted by atomic mass is 17.2. The van der Waals surface area contributed by atoms with Crippen molar-refractivity contribution < 1.29 is 76.6 Å². The number of ether oxygens (including phenoxy) is 6.